The number of rotatable bonds is 11. The van der Waals surface area contributed by atoms with Gasteiger partial charge in [-0.1, -0.05) is 26.0 Å². The Labute approximate surface area is 222 Å². The lowest BCUT2D eigenvalue weighted by Crippen LogP contribution is -2.28. The number of nitrogens with one attached hydrogen (secondary N) is 1. The van der Waals surface area contributed by atoms with E-state index in [-0.39, 0.29) is 34.7 Å². The molecule has 204 valence electrons. The Hall–Kier alpha value is -3.77. The molecule has 0 aliphatic heterocycles. The topological polar surface area (TPSA) is 137 Å². The van der Waals surface area contributed by atoms with Crippen molar-refractivity contribution in [2.45, 2.75) is 52.4 Å². The second-order valence-corrected chi connectivity index (χ2v) is 10.8. The molecule has 0 saturated heterocycles. The predicted octanol–water partition coefficient (Wildman–Crippen LogP) is 4.67. The summed E-state index contributed by atoms with van der Waals surface area (Å²) < 4.78 is 36.3. The number of non-ortho nitro benzene ring substituents is 1. The zero-order chi connectivity index (χ0) is 28.2. The van der Waals surface area contributed by atoms with E-state index in [4.69, 9.17) is 4.74 Å². The third-order valence-electron chi connectivity index (χ3n) is 6.16. The number of sulfonamides is 1. The van der Waals surface area contributed by atoms with Crippen LogP contribution in [0.2, 0.25) is 0 Å². The first kappa shape index (κ1) is 28.8. The van der Waals surface area contributed by atoms with E-state index in [0.29, 0.717) is 24.2 Å². The van der Waals surface area contributed by atoms with Crippen molar-refractivity contribution in [3.05, 3.63) is 68.9 Å². The molecule has 3 aromatic rings. The van der Waals surface area contributed by atoms with Gasteiger partial charge in [-0.15, -0.1) is 0 Å². The molecule has 2 aromatic carbocycles. The summed E-state index contributed by atoms with van der Waals surface area (Å²) in [4.78, 5) is 25.2. The van der Waals surface area contributed by atoms with Gasteiger partial charge in [-0.25, -0.2) is 13.1 Å². The molecule has 1 amide bonds. The molecule has 0 spiro atoms. The molecule has 11 nitrogen and oxygen atoms in total. The highest BCUT2D eigenvalue weighted by Crippen LogP contribution is 2.36. The van der Waals surface area contributed by atoms with Crippen LogP contribution in [0.3, 0.4) is 0 Å². The summed E-state index contributed by atoms with van der Waals surface area (Å²) in [6.45, 7) is 9.96. The maximum absolute atomic E-state index is 13.2. The van der Waals surface area contributed by atoms with Gasteiger partial charge in [-0.3, -0.25) is 14.9 Å². The summed E-state index contributed by atoms with van der Waals surface area (Å²) >= 11 is 0. The number of nitro benzene ring substituents is 1. The fourth-order valence-corrected chi connectivity index (χ4v) is 5.15. The molecule has 0 unspecified atom stereocenters. The van der Waals surface area contributed by atoms with Gasteiger partial charge >= 0.3 is 0 Å². The predicted molar refractivity (Wildman–Crippen MR) is 144 cm³/mol. The van der Waals surface area contributed by atoms with Crippen LogP contribution in [0.5, 0.6) is 11.6 Å². The molecular formula is C26H33N5O6S. The summed E-state index contributed by atoms with van der Waals surface area (Å²) in [6.07, 6.45) is 1.29. The Morgan fingerprint density at radius 3 is 2.47 bits per heavy atom. The van der Waals surface area contributed by atoms with Crippen LogP contribution in [-0.2, 0) is 10.0 Å². The number of carbonyl (C=O) groups excluding carboxylic acids is 1. The van der Waals surface area contributed by atoms with Crippen LogP contribution in [0, 0.1) is 30.9 Å². The molecule has 0 fully saturated rings. The molecule has 0 aliphatic rings. The van der Waals surface area contributed by atoms with Gasteiger partial charge < -0.3 is 9.64 Å². The molecule has 1 heterocycles. The minimum atomic E-state index is -4.15. The van der Waals surface area contributed by atoms with Crippen LogP contribution in [0.25, 0.3) is 5.69 Å². The van der Waals surface area contributed by atoms with Crippen molar-refractivity contribution in [3.8, 4) is 17.3 Å². The summed E-state index contributed by atoms with van der Waals surface area (Å²) in [5.74, 6) is -0.304. The lowest BCUT2D eigenvalue weighted by Gasteiger charge is -2.15. The van der Waals surface area contributed by atoms with E-state index in [1.165, 1.54) is 16.8 Å². The van der Waals surface area contributed by atoms with E-state index in [9.17, 15) is 23.3 Å². The van der Waals surface area contributed by atoms with E-state index >= 15 is 0 Å². The largest absolute Gasteiger partial charge is 0.437 e. The summed E-state index contributed by atoms with van der Waals surface area (Å²) in [5, 5.41) is 16.0. The molecule has 0 aliphatic carbocycles. The minimum Gasteiger partial charge on any atom is -0.437 e. The van der Waals surface area contributed by atoms with Crippen LogP contribution in [0.15, 0.2) is 41.3 Å². The first-order valence-corrected chi connectivity index (χ1v) is 13.8. The van der Waals surface area contributed by atoms with Crippen molar-refractivity contribution in [2.75, 3.05) is 20.1 Å². The van der Waals surface area contributed by atoms with Gasteiger partial charge in [0, 0.05) is 37.8 Å². The van der Waals surface area contributed by atoms with Gasteiger partial charge in [-0.05, 0) is 56.9 Å². The lowest BCUT2D eigenvalue weighted by atomic mass is 10.1. The van der Waals surface area contributed by atoms with Crippen LogP contribution < -0.4 is 9.46 Å². The standard InChI is InChI=1S/C26H33N5O6S/c1-7-14-27-38(35,36)23-16-20(31(33)34)12-13-22(23)37-26-19(5)24(25(32)29(6)15-8-2)28-30(26)21-11-9-10-17(3)18(21)4/h9-13,16,27H,7-8,14-15H2,1-6H3. The molecule has 12 heteroatoms. The maximum Gasteiger partial charge on any atom is 0.274 e. The Morgan fingerprint density at radius 2 is 1.84 bits per heavy atom. The molecule has 3 rings (SSSR count). The normalized spacial score (nSPS) is 11.4. The Kier molecular flexibility index (Phi) is 8.89. The summed E-state index contributed by atoms with van der Waals surface area (Å²) in [5.41, 5.74) is 2.69. The van der Waals surface area contributed by atoms with Gasteiger partial charge in [0.2, 0.25) is 15.9 Å². The first-order chi connectivity index (χ1) is 17.9. The average Bonchev–Trinajstić information content (AvgIpc) is 3.19. The van der Waals surface area contributed by atoms with E-state index < -0.39 is 20.6 Å². The molecule has 1 aromatic heterocycles. The lowest BCUT2D eigenvalue weighted by molar-refractivity contribution is -0.385. The quantitative estimate of drug-likeness (QED) is 0.274. The van der Waals surface area contributed by atoms with E-state index in [0.717, 1.165) is 23.6 Å². The highest BCUT2D eigenvalue weighted by Gasteiger charge is 2.29. The highest BCUT2D eigenvalue weighted by atomic mass is 32.2. The van der Waals surface area contributed by atoms with Crippen molar-refractivity contribution in [1.29, 1.82) is 0 Å². The van der Waals surface area contributed by atoms with Gasteiger partial charge in [0.1, 0.15) is 10.6 Å². The van der Waals surface area contributed by atoms with E-state index in [1.54, 1.807) is 25.8 Å². The summed E-state index contributed by atoms with van der Waals surface area (Å²) in [7, 11) is -2.47. The van der Waals surface area contributed by atoms with Crippen molar-refractivity contribution < 1.29 is 22.9 Å². The third-order valence-corrected chi connectivity index (χ3v) is 7.64. The van der Waals surface area contributed by atoms with E-state index in [1.807, 2.05) is 39.0 Å². The summed E-state index contributed by atoms with van der Waals surface area (Å²) in [6, 6.07) is 8.98. The number of carbonyl (C=O) groups is 1. The molecule has 0 atom stereocenters. The third kappa shape index (κ3) is 5.86. The maximum atomic E-state index is 13.2. The Bertz CT molecular complexity index is 1460. The SMILES string of the molecule is CCCNS(=O)(=O)c1cc([N+](=O)[O-])ccc1Oc1c(C)c(C(=O)N(C)CCC)nn1-c1cccc(C)c1C. The molecule has 0 bridgehead atoms. The molecule has 38 heavy (non-hydrogen) atoms. The van der Waals surface area contributed by atoms with Gasteiger partial charge in [-0.2, -0.15) is 9.78 Å². The zero-order valence-corrected chi connectivity index (χ0v) is 23.3. The number of amides is 1. The monoisotopic (exact) mass is 543 g/mol. The highest BCUT2D eigenvalue weighted by molar-refractivity contribution is 7.89. The molecular weight excluding hydrogens is 510 g/mol. The van der Waals surface area contributed by atoms with E-state index in [2.05, 4.69) is 9.82 Å². The van der Waals surface area contributed by atoms with Crippen molar-refractivity contribution >= 4 is 21.6 Å². The smallest absolute Gasteiger partial charge is 0.274 e. The van der Waals surface area contributed by atoms with Gasteiger partial charge in [0.05, 0.1) is 10.6 Å². The molecule has 0 radical (unpaired) electrons. The van der Waals surface area contributed by atoms with Crippen LogP contribution >= 0.6 is 0 Å². The number of aryl methyl sites for hydroxylation is 1. The van der Waals surface area contributed by atoms with Crippen molar-refractivity contribution in [3.63, 3.8) is 0 Å². The number of benzene rings is 2. The number of nitrogens with zero attached hydrogens (tertiary/aromatic N) is 4. The average molecular weight is 544 g/mol. The Morgan fingerprint density at radius 1 is 1.13 bits per heavy atom. The van der Waals surface area contributed by atoms with Gasteiger partial charge in [0.25, 0.3) is 11.6 Å². The fourth-order valence-electron chi connectivity index (χ4n) is 3.87. The fraction of sp³-hybridized carbons (Fsp3) is 0.385. The zero-order valence-electron chi connectivity index (χ0n) is 22.4. The second kappa shape index (κ2) is 11.7. The van der Waals surface area contributed by atoms with Crippen molar-refractivity contribution in [1.82, 2.24) is 19.4 Å². The first-order valence-electron chi connectivity index (χ1n) is 12.3. The van der Waals surface area contributed by atoms with Gasteiger partial charge in [0.15, 0.2) is 5.69 Å². The number of hydrogen-bond acceptors (Lipinski definition) is 7. The second-order valence-electron chi connectivity index (χ2n) is 9.02. The number of aromatic nitrogens is 2. The number of hydrogen-bond donors (Lipinski definition) is 1. The minimum absolute atomic E-state index is 0.130. The van der Waals surface area contributed by atoms with Crippen molar-refractivity contribution in [2.24, 2.45) is 0 Å². The van der Waals surface area contributed by atoms with Crippen LogP contribution in [0.1, 0.15) is 53.9 Å². The Balaban J connectivity index is 2.25. The number of nitro groups is 1. The van der Waals surface area contributed by atoms with Crippen LogP contribution in [0.4, 0.5) is 5.69 Å². The molecule has 0 saturated carbocycles. The number of ether oxygens (including phenoxy) is 1. The van der Waals surface area contributed by atoms with Crippen LogP contribution in [-0.4, -0.2) is 54.1 Å². The molecule has 1 N–H and O–H groups in total.